The predicted octanol–water partition coefficient (Wildman–Crippen LogP) is 3.74. The monoisotopic (exact) mass is 518 g/mol. The SMILES string of the molecule is COc1nc(N[C@H]2CCN(C3CC(F)(F)C3)C[C@H]2F)nn2ccc(-c3ccc4nnn(CCF)c4c3)c12. The highest BCUT2D eigenvalue weighted by atomic mass is 19.3. The van der Waals surface area contributed by atoms with E-state index in [2.05, 4.69) is 25.7 Å². The van der Waals surface area contributed by atoms with Gasteiger partial charge in [-0.2, -0.15) is 4.98 Å². The van der Waals surface area contributed by atoms with Gasteiger partial charge in [-0.15, -0.1) is 10.2 Å². The number of likely N-dealkylation sites (tertiary alicyclic amines) is 1. The predicted molar refractivity (Wildman–Crippen MR) is 129 cm³/mol. The summed E-state index contributed by atoms with van der Waals surface area (Å²) in [5, 5.41) is 15.7. The Morgan fingerprint density at radius 1 is 1.22 bits per heavy atom. The largest absolute Gasteiger partial charge is 0.479 e. The van der Waals surface area contributed by atoms with E-state index in [0.717, 1.165) is 11.1 Å². The second kappa shape index (κ2) is 9.12. The number of benzene rings is 1. The summed E-state index contributed by atoms with van der Waals surface area (Å²) in [4.78, 5) is 6.30. The third-order valence-corrected chi connectivity index (χ3v) is 7.27. The van der Waals surface area contributed by atoms with Gasteiger partial charge in [0.15, 0.2) is 0 Å². The molecule has 0 bridgehead atoms. The smallest absolute Gasteiger partial charge is 0.251 e. The maximum absolute atomic E-state index is 15.0. The Balaban J connectivity index is 1.24. The van der Waals surface area contributed by atoms with Crippen LogP contribution in [0.4, 0.5) is 23.5 Å². The Bertz CT molecular complexity index is 1430. The van der Waals surface area contributed by atoms with Gasteiger partial charge in [0, 0.05) is 43.7 Å². The molecule has 2 fully saturated rings. The topological polar surface area (TPSA) is 85.4 Å². The summed E-state index contributed by atoms with van der Waals surface area (Å²) in [5.74, 6) is -2.11. The van der Waals surface area contributed by atoms with E-state index in [9.17, 15) is 17.6 Å². The molecule has 1 saturated heterocycles. The van der Waals surface area contributed by atoms with Crippen molar-refractivity contribution < 1.29 is 22.3 Å². The zero-order valence-corrected chi connectivity index (χ0v) is 20.1. The first-order valence-corrected chi connectivity index (χ1v) is 12.2. The summed E-state index contributed by atoms with van der Waals surface area (Å²) in [7, 11) is 1.50. The lowest BCUT2D eigenvalue weighted by atomic mass is 9.85. The number of aromatic nitrogens is 6. The number of fused-ring (bicyclic) bond motifs is 2. The molecule has 4 aromatic rings. The fraction of sp³-hybridized carbons (Fsp3) is 0.500. The number of methoxy groups -OCH3 is 1. The number of alkyl halides is 4. The molecule has 37 heavy (non-hydrogen) atoms. The maximum atomic E-state index is 15.0. The van der Waals surface area contributed by atoms with Crippen molar-refractivity contribution in [2.45, 2.75) is 50.0 Å². The van der Waals surface area contributed by atoms with Gasteiger partial charge in [-0.1, -0.05) is 11.3 Å². The molecule has 0 spiro atoms. The number of nitrogens with zero attached hydrogens (tertiary/aromatic N) is 7. The number of hydrogen-bond acceptors (Lipinski definition) is 7. The van der Waals surface area contributed by atoms with Crippen LogP contribution in [0.1, 0.15) is 19.3 Å². The molecule has 1 N–H and O–H groups in total. The normalized spacial score (nSPS) is 22.4. The van der Waals surface area contributed by atoms with Crippen LogP contribution in [0.3, 0.4) is 0 Å². The van der Waals surface area contributed by atoms with Crippen LogP contribution in [-0.4, -0.2) is 85.5 Å². The summed E-state index contributed by atoms with van der Waals surface area (Å²) >= 11 is 0. The first-order valence-electron chi connectivity index (χ1n) is 12.2. The number of nitrogens with one attached hydrogen (secondary N) is 1. The van der Waals surface area contributed by atoms with Crippen molar-refractivity contribution in [3.63, 3.8) is 0 Å². The Morgan fingerprint density at radius 2 is 2.05 bits per heavy atom. The molecule has 6 rings (SSSR count). The first-order chi connectivity index (χ1) is 17.8. The van der Waals surface area contributed by atoms with Crippen LogP contribution in [0, 0.1) is 0 Å². The van der Waals surface area contributed by atoms with Crippen LogP contribution >= 0.6 is 0 Å². The van der Waals surface area contributed by atoms with Gasteiger partial charge in [0.25, 0.3) is 5.92 Å². The minimum absolute atomic E-state index is 0.0990. The van der Waals surface area contributed by atoms with Crippen LogP contribution in [0.25, 0.3) is 27.7 Å². The number of anilines is 1. The van der Waals surface area contributed by atoms with Crippen LogP contribution < -0.4 is 10.1 Å². The van der Waals surface area contributed by atoms with Crippen LogP contribution in [-0.2, 0) is 6.54 Å². The van der Waals surface area contributed by atoms with E-state index >= 15 is 0 Å². The van der Waals surface area contributed by atoms with E-state index in [1.807, 2.05) is 29.2 Å². The number of halogens is 4. The Labute approximate surface area is 209 Å². The quantitative estimate of drug-likeness (QED) is 0.373. The molecule has 13 heteroatoms. The molecule has 1 aliphatic heterocycles. The van der Waals surface area contributed by atoms with Crippen LogP contribution in [0.5, 0.6) is 5.88 Å². The zero-order chi connectivity index (χ0) is 25.7. The molecule has 2 atom stereocenters. The van der Waals surface area contributed by atoms with Crippen molar-refractivity contribution >= 4 is 22.5 Å². The van der Waals surface area contributed by atoms with Crippen molar-refractivity contribution in [2.75, 3.05) is 32.2 Å². The molecule has 196 valence electrons. The summed E-state index contributed by atoms with van der Waals surface area (Å²) in [6.45, 7) is 0.189. The van der Waals surface area contributed by atoms with E-state index in [1.165, 1.54) is 11.8 Å². The number of hydrogen-bond donors (Lipinski definition) is 1. The number of aryl methyl sites for hydroxylation is 1. The van der Waals surface area contributed by atoms with Gasteiger partial charge in [-0.3, -0.25) is 4.90 Å². The molecule has 3 aromatic heterocycles. The highest BCUT2D eigenvalue weighted by Gasteiger charge is 2.49. The fourth-order valence-corrected chi connectivity index (χ4v) is 5.28. The third kappa shape index (κ3) is 4.34. The van der Waals surface area contributed by atoms with Crippen molar-refractivity contribution in [1.29, 1.82) is 0 Å². The zero-order valence-electron chi connectivity index (χ0n) is 20.1. The van der Waals surface area contributed by atoms with E-state index in [-0.39, 0.29) is 37.9 Å². The molecule has 0 amide bonds. The highest BCUT2D eigenvalue weighted by molar-refractivity contribution is 5.89. The standard InChI is InChI=1S/C24H26F4N8O/c1-37-22-21-16(14-2-3-19-20(10-14)35(9-6-25)33-31-19)4-8-36(21)32-23(30-22)29-18-5-7-34(13-17(18)26)15-11-24(27,28)12-15/h2-4,8,10,15,17-18H,5-7,9,11-13H2,1H3,(H,29,32)/t17-,18+/m1/s1. The lowest BCUT2D eigenvalue weighted by Crippen LogP contribution is -2.57. The molecule has 9 nitrogen and oxygen atoms in total. The Hall–Kier alpha value is -3.48. The second-order valence-corrected chi connectivity index (χ2v) is 9.64. The Kier molecular flexibility index (Phi) is 5.89. The molecule has 0 unspecified atom stereocenters. The van der Waals surface area contributed by atoms with Crippen LogP contribution in [0.2, 0.25) is 0 Å². The summed E-state index contributed by atoms with van der Waals surface area (Å²) in [5.41, 5.74) is 3.62. The summed E-state index contributed by atoms with van der Waals surface area (Å²) < 4.78 is 63.1. The summed E-state index contributed by atoms with van der Waals surface area (Å²) in [6, 6.07) is 6.65. The van der Waals surface area contributed by atoms with E-state index in [1.54, 1.807) is 10.7 Å². The van der Waals surface area contributed by atoms with Gasteiger partial charge in [-0.05, 0) is 30.2 Å². The molecule has 2 aliphatic rings. The minimum Gasteiger partial charge on any atom is -0.479 e. The molecule has 0 radical (unpaired) electrons. The minimum atomic E-state index is -2.63. The van der Waals surface area contributed by atoms with Gasteiger partial charge in [0.1, 0.15) is 23.9 Å². The number of rotatable bonds is 7. The average molecular weight is 519 g/mol. The van der Waals surface area contributed by atoms with Gasteiger partial charge in [-0.25, -0.2) is 26.8 Å². The number of piperidine rings is 1. The molecular weight excluding hydrogens is 492 g/mol. The van der Waals surface area contributed by atoms with Gasteiger partial charge in [0.2, 0.25) is 11.8 Å². The highest BCUT2D eigenvalue weighted by Crippen LogP contribution is 2.41. The van der Waals surface area contributed by atoms with E-state index in [4.69, 9.17) is 4.74 Å². The average Bonchev–Trinajstić information content (AvgIpc) is 3.47. The maximum Gasteiger partial charge on any atom is 0.251 e. The summed E-state index contributed by atoms with van der Waals surface area (Å²) in [6.07, 6.45) is 0.555. The van der Waals surface area contributed by atoms with Crippen LogP contribution in [0.15, 0.2) is 30.5 Å². The van der Waals surface area contributed by atoms with E-state index < -0.39 is 24.8 Å². The van der Waals surface area contributed by atoms with Gasteiger partial charge >= 0.3 is 0 Å². The van der Waals surface area contributed by atoms with Gasteiger partial charge < -0.3 is 10.1 Å². The molecule has 1 aliphatic carbocycles. The first kappa shape index (κ1) is 23.9. The molecular formula is C24H26F4N8O. The van der Waals surface area contributed by atoms with Gasteiger partial charge in [0.05, 0.1) is 25.2 Å². The van der Waals surface area contributed by atoms with Crippen molar-refractivity contribution in [3.8, 4) is 17.0 Å². The fourth-order valence-electron chi connectivity index (χ4n) is 5.28. The number of ether oxygens (including phenoxy) is 1. The van der Waals surface area contributed by atoms with E-state index in [0.29, 0.717) is 35.4 Å². The van der Waals surface area contributed by atoms with Crippen molar-refractivity contribution in [1.82, 2.24) is 34.5 Å². The molecule has 1 saturated carbocycles. The Morgan fingerprint density at radius 3 is 2.78 bits per heavy atom. The van der Waals surface area contributed by atoms with Crippen molar-refractivity contribution in [3.05, 3.63) is 30.5 Å². The third-order valence-electron chi connectivity index (χ3n) is 7.27. The lowest BCUT2D eigenvalue weighted by molar-refractivity contribution is -0.131. The van der Waals surface area contributed by atoms with Crippen molar-refractivity contribution in [2.24, 2.45) is 0 Å². The molecule has 1 aromatic carbocycles. The molecule has 4 heterocycles. The lowest BCUT2D eigenvalue weighted by Gasteiger charge is -2.46. The second-order valence-electron chi connectivity index (χ2n) is 9.64.